The van der Waals surface area contributed by atoms with E-state index in [9.17, 15) is 4.79 Å². The predicted molar refractivity (Wildman–Crippen MR) is 65.0 cm³/mol. The second kappa shape index (κ2) is 4.97. The molecule has 0 spiro atoms. The van der Waals surface area contributed by atoms with Gasteiger partial charge in [0.05, 0.1) is 6.26 Å². The maximum absolute atomic E-state index is 11.2. The first-order valence-corrected chi connectivity index (χ1v) is 5.67. The van der Waals surface area contributed by atoms with Crippen LogP contribution in [0.2, 0.25) is 0 Å². The van der Waals surface area contributed by atoms with Gasteiger partial charge in [-0.25, -0.2) is 5.84 Å². The number of nitrogens with zero attached hydrogens (tertiary/aromatic N) is 4. The van der Waals surface area contributed by atoms with Gasteiger partial charge in [0.2, 0.25) is 5.82 Å². The number of nitrogens with one attached hydrogen (secondary N) is 1. The summed E-state index contributed by atoms with van der Waals surface area (Å²) in [5.41, 5.74) is 1.99. The van der Waals surface area contributed by atoms with E-state index in [0.29, 0.717) is 17.3 Å². The third kappa shape index (κ3) is 2.29. The van der Waals surface area contributed by atoms with Gasteiger partial charge >= 0.3 is 5.91 Å². The lowest BCUT2D eigenvalue weighted by atomic mass is 10.4. The number of rotatable bonds is 4. The minimum atomic E-state index is -0.501. The Bertz CT molecular complexity index is 714. The predicted octanol–water partition coefficient (Wildman–Crippen LogP) is 0.178. The second-order valence-corrected chi connectivity index (χ2v) is 3.86. The summed E-state index contributed by atoms with van der Waals surface area (Å²) in [5.74, 6) is 6.04. The van der Waals surface area contributed by atoms with Crippen LogP contribution in [0.25, 0.3) is 11.6 Å². The fraction of sp³-hybridized carbons (Fsp3) is 0.0909. The number of aromatic nitrogens is 4. The van der Waals surface area contributed by atoms with Crippen LogP contribution in [-0.4, -0.2) is 26.1 Å². The summed E-state index contributed by atoms with van der Waals surface area (Å²) in [6, 6.07) is 6.63. The normalized spacial score (nSPS) is 10.7. The third-order valence-corrected chi connectivity index (χ3v) is 2.51. The van der Waals surface area contributed by atoms with Crippen molar-refractivity contribution in [2.45, 2.75) is 6.54 Å². The van der Waals surface area contributed by atoms with Gasteiger partial charge in [0.15, 0.2) is 11.5 Å². The second-order valence-electron chi connectivity index (χ2n) is 3.86. The molecule has 0 fully saturated rings. The molecule has 0 aliphatic rings. The molecule has 9 heteroatoms. The van der Waals surface area contributed by atoms with Crippen LogP contribution >= 0.6 is 0 Å². The molecule has 3 rings (SSSR count). The number of tetrazole rings is 1. The van der Waals surface area contributed by atoms with Crippen LogP contribution in [0.1, 0.15) is 16.3 Å². The zero-order chi connectivity index (χ0) is 13.9. The van der Waals surface area contributed by atoms with Gasteiger partial charge in [0.25, 0.3) is 0 Å². The van der Waals surface area contributed by atoms with Crippen molar-refractivity contribution in [2.75, 3.05) is 0 Å². The smallest absolute Gasteiger partial charge is 0.300 e. The molecule has 0 radical (unpaired) electrons. The molecule has 3 heterocycles. The highest BCUT2D eigenvalue weighted by atomic mass is 16.4. The van der Waals surface area contributed by atoms with Gasteiger partial charge in [0, 0.05) is 0 Å². The highest BCUT2D eigenvalue weighted by Crippen LogP contribution is 2.14. The highest BCUT2D eigenvalue weighted by Gasteiger charge is 2.12. The van der Waals surface area contributed by atoms with E-state index in [1.165, 1.54) is 17.1 Å². The summed E-state index contributed by atoms with van der Waals surface area (Å²) in [7, 11) is 0. The van der Waals surface area contributed by atoms with Gasteiger partial charge in [-0.2, -0.15) is 4.80 Å². The molecular formula is C11H10N6O3. The van der Waals surface area contributed by atoms with Crippen LogP contribution in [0, 0.1) is 0 Å². The summed E-state index contributed by atoms with van der Waals surface area (Å²) in [6.45, 7) is 0.242. The minimum Gasteiger partial charge on any atom is -0.461 e. The molecule has 0 aliphatic carbocycles. The Labute approximate surface area is 112 Å². The molecule has 1 amide bonds. The summed E-state index contributed by atoms with van der Waals surface area (Å²) in [5, 5.41) is 11.9. The Balaban J connectivity index is 1.75. The molecule has 102 valence electrons. The minimum absolute atomic E-state index is 0.119. The molecule has 0 atom stereocenters. The maximum Gasteiger partial charge on any atom is 0.300 e. The average Bonchev–Trinajstić information content (AvgIpc) is 3.19. The Morgan fingerprint density at radius 1 is 1.40 bits per heavy atom. The van der Waals surface area contributed by atoms with Crippen molar-refractivity contribution in [1.29, 1.82) is 0 Å². The van der Waals surface area contributed by atoms with E-state index in [2.05, 4.69) is 15.4 Å². The van der Waals surface area contributed by atoms with Crippen molar-refractivity contribution in [3.63, 3.8) is 0 Å². The summed E-state index contributed by atoms with van der Waals surface area (Å²) in [4.78, 5) is 12.6. The van der Waals surface area contributed by atoms with E-state index >= 15 is 0 Å². The van der Waals surface area contributed by atoms with E-state index in [1.54, 1.807) is 18.2 Å². The first-order valence-electron chi connectivity index (χ1n) is 5.67. The molecule has 3 aromatic heterocycles. The molecule has 0 saturated heterocycles. The zero-order valence-corrected chi connectivity index (χ0v) is 10.2. The van der Waals surface area contributed by atoms with E-state index in [-0.39, 0.29) is 12.3 Å². The standard InChI is InChI=1S/C11H10N6O3/c12-13-11(18)9-4-3-7(20-9)6-17-15-10(14-16-17)8-2-1-5-19-8/h1-5H,6,12H2,(H,13,18). The monoisotopic (exact) mass is 274 g/mol. The first-order chi connectivity index (χ1) is 9.76. The Morgan fingerprint density at radius 2 is 2.30 bits per heavy atom. The fourth-order valence-electron chi connectivity index (χ4n) is 1.61. The van der Waals surface area contributed by atoms with E-state index < -0.39 is 5.91 Å². The number of hydrogen-bond donors (Lipinski definition) is 2. The number of carbonyl (C=O) groups excluding carboxylic acids is 1. The van der Waals surface area contributed by atoms with Crippen molar-refractivity contribution in [3.8, 4) is 11.6 Å². The molecule has 0 unspecified atom stereocenters. The van der Waals surface area contributed by atoms with Gasteiger partial charge in [-0.05, 0) is 29.5 Å². The van der Waals surface area contributed by atoms with Gasteiger partial charge in [0.1, 0.15) is 12.3 Å². The molecule has 9 nitrogen and oxygen atoms in total. The van der Waals surface area contributed by atoms with E-state index in [4.69, 9.17) is 14.7 Å². The van der Waals surface area contributed by atoms with Crippen LogP contribution in [-0.2, 0) is 6.54 Å². The zero-order valence-electron chi connectivity index (χ0n) is 10.2. The number of nitrogen functional groups attached to an aromatic ring is 1. The average molecular weight is 274 g/mol. The molecule has 0 saturated carbocycles. The van der Waals surface area contributed by atoms with E-state index in [0.717, 1.165) is 0 Å². The lowest BCUT2D eigenvalue weighted by Gasteiger charge is -1.95. The summed E-state index contributed by atoms with van der Waals surface area (Å²) in [6.07, 6.45) is 1.53. The Kier molecular flexibility index (Phi) is 3.01. The molecule has 0 aromatic carbocycles. The summed E-state index contributed by atoms with van der Waals surface area (Å²) >= 11 is 0. The SMILES string of the molecule is NNC(=O)c1ccc(Cn2nnc(-c3ccco3)n2)o1. The van der Waals surface area contributed by atoms with Gasteiger partial charge in [-0.1, -0.05) is 0 Å². The number of furan rings is 2. The van der Waals surface area contributed by atoms with Crippen LogP contribution in [0.4, 0.5) is 0 Å². The van der Waals surface area contributed by atoms with Crippen LogP contribution in [0.3, 0.4) is 0 Å². The lowest BCUT2D eigenvalue weighted by Crippen LogP contribution is -2.29. The Morgan fingerprint density at radius 3 is 3.05 bits per heavy atom. The molecule has 3 aromatic rings. The fourth-order valence-corrected chi connectivity index (χ4v) is 1.61. The molecule has 3 N–H and O–H groups in total. The summed E-state index contributed by atoms with van der Waals surface area (Å²) < 4.78 is 10.5. The molecule has 0 bridgehead atoms. The largest absolute Gasteiger partial charge is 0.461 e. The maximum atomic E-state index is 11.2. The van der Waals surface area contributed by atoms with Crippen molar-refractivity contribution in [1.82, 2.24) is 25.6 Å². The van der Waals surface area contributed by atoms with Gasteiger partial charge in [-0.3, -0.25) is 10.2 Å². The van der Waals surface area contributed by atoms with Crippen molar-refractivity contribution < 1.29 is 13.6 Å². The molecular weight excluding hydrogens is 264 g/mol. The van der Waals surface area contributed by atoms with Crippen LogP contribution < -0.4 is 11.3 Å². The molecule has 20 heavy (non-hydrogen) atoms. The number of carbonyl (C=O) groups is 1. The van der Waals surface area contributed by atoms with Crippen molar-refractivity contribution >= 4 is 5.91 Å². The van der Waals surface area contributed by atoms with Crippen LogP contribution in [0.15, 0.2) is 39.4 Å². The van der Waals surface area contributed by atoms with Gasteiger partial charge < -0.3 is 8.83 Å². The number of hydrogen-bond acceptors (Lipinski definition) is 7. The highest BCUT2D eigenvalue weighted by molar-refractivity contribution is 5.90. The topological polar surface area (TPSA) is 125 Å². The number of amides is 1. The quantitative estimate of drug-likeness (QED) is 0.395. The van der Waals surface area contributed by atoms with Crippen LogP contribution in [0.5, 0.6) is 0 Å². The molecule has 0 aliphatic heterocycles. The third-order valence-electron chi connectivity index (χ3n) is 2.51. The van der Waals surface area contributed by atoms with Crippen molar-refractivity contribution in [2.24, 2.45) is 5.84 Å². The van der Waals surface area contributed by atoms with Crippen molar-refractivity contribution in [3.05, 3.63) is 42.0 Å². The number of nitrogens with two attached hydrogens (primary N) is 1. The number of hydrazine groups is 1. The lowest BCUT2D eigenvalue weighted by molar-refractivity contribution is 0.0923. The first kappa shape index (κ1) is 12.1. The van der Waals surface area contributed by atoms with Gasteiger partial charge in [-0.15, -0.1) is 10.2 Å². The van der Waals surface area contributed by atoms with E-state index in [1.807, 2.05) is 5.43 Å². The Hall–Kier alpha value is -2.94.